The van der Waals surface area contributed by atoms with Crippen LogP contribution in [0, 0.1) is 5.92 Å². The highest BCUT2D eigenvalue weighted by Crippen LogP contribution is 2.18. The fourth-order valence-corrected chi connectivity index (χ4v) is 2.40. The molecule has 1 amide bonds. The maximum absolute atomic E-state index is 12.2. The number of nitrogens with zero attached hydrogens (tertiary/aromatic N) is 2. The first-order valence-electron chi connectivity index (χ1n) is 6.94. The lowest BCUT2D eigenvalue weighted by Gasteiger charge is -2.22. The second-order valence-electron chi connectivity index (χ2n) is 5.12. The minimum absolute atomic E-state index is 0. The van der Waals surface area contributed by atoms with Gasteiger partial charge >= 0.3 is 0 Å². The van der Waals surface area contributed by atoms with Crippen LogP contribution in [-0.4, -0.2) is 35.2 Å². The third-order valence-electron chi connectivity index (χ3n) is 3.48. The predicted molar refractivity (Wildman–Crippen MR) is 78.9 cm³/mol. The quantitative estimate of drug-likeness (QED) is 0.845. The number of carbonyl (C=O) groups is 1. The SMILES string of the molecule is Cl.O=C(CCC1CCNCC1)Nc1cnn(CC(F)F)c1. The van der Waals surface area contributed by atoms with E-state index in [4.69, 9.17) is 0 Å². The van der Waals surface area contributed by atoms with Gasteiger partial charge in [0.2, 0.25) is 5.91 Å². The average molecular weight is 323 g/mol. The van der Waals surface area contributed by atoms with Crippen molar-refractivity contribution in [1.82, 2.24) is 15.1 Å². The van der Waals surface area contributed by atoms with Gasteiger partial charge in [0.15, 0.2) is 0 Å². The lowest BCUT2D eigenvalue weighted by molar-refractivity contribution is -0.116. The fraction of sp³-hybridized carbons (Fsp3) is 0.692. The monoisotopic (exact) mass is 322 g/mol. The largest absolute Gasteiger partial charge is 0.323 e. The second-order valence-corrected chi connectivity index (χ2v) is 5.12. The van der Waals surface area contributed by atoms with Crippen LogP contribution in [0.2, 0.25) is 0 Å². The summed E-state index contributed by atoms with van der Waals surface area (Å²) in [6.07, 6.45) is 3.93. The summed E-state index contributed by atoms with van der Waals surface area (Å²) >= 11 is 0. The maximum atomic E-state index is 12.2. The summed E-state index contributed by atoms with van der Waals surface area (Å²) in [6, 6.07) is 0. The van der Waals surface area contributed by atoms with Crippen molar-refractivity contribution < 1.29 is 13.6 Å². The molecule has 120 valence electrons. The number of anilines is 1. The van der Waals surface area contributed by atoms with Gasteiger partial charge in [-0.1, -0.05) is 0 Å². The van der Waals surface area contributed by atoms with E-state index in [1.54, 1.807) is 0 Å². The third kappa shape index (κ3) is 6.39. The van der Waals surface area contributed by atoms with Gasteiger partial charge in [-0.2, -0.15) is 5.10 Å². The van der Waals surface area contributed by atoms with Crippen LogP contribution < -0.4 is 10.6 Å². The lowest BCUT2D eigenvalue weighted by atomic mass is 9.93. The Morgan fingerprint density at radius 3 is 2.86 bits per heavy atom. The van der Waals surface area contributed by atoms with E-state index in [1.165, 1.54) is 12.4 Å². The van der Waals surface area contributed by atoms with Crippen molar-refractivity contribution in [2.45, 2.75) is 38.7 Å². The van der Waals surface area contributed by atoms with Gasteiger partial charge in [-0.05, 0) is 38.3 Å². The van der Waals surface area contributed by atoms with E-state index in [9.17, 15) is 13.6 Å². The number of alkyl halides is 2. The van der Waals surface area contributed by atoms with Gasteiger partial charge in [-0.15, -0.1) is 12.4 Å². The van der Waals surface area contributed by atoms with E-state index in [2.05, 4.69) is 15.7 Å². The molecule has 0 atom stereocenters. The maximum Gasteiger partial charge on any atom is 0.257 e. The average Bonchev–Trinajstić information content (AvgIpc) is 2.84. The number of hydrogen-bond donors (Lipinski definition) is 2. The van der Waals surface area contributed by atoms with Gasteiger partial charge in [0.1, 0.15) is 6.54 Å². The molecule has 0 aliphatic carbocycles. The summed E-state index contributed by atoms with van der Waals surface area (Å²) < 4.78 is 25.5. The summed E-state index contributed by atoms with van der Waals surface area (Å²) in [4.78, 5) is 11.8. The number of rotatable bonds is 6. The standard InChI is InChI=1S/C13H20F2N4O.ClH/c14-12(15)9-19-8-11(7-17-19)18-13(20)2-1-10-3-5-16-6-4-10;/h7-8,10,12,16H,1-6,9H2,(H,18,20);1H. The first kappa shape index (κ1) is 17.8. The molecule has 0 bridgehead atoms. The lowest BCUT2D eigenvalue weighted by Crippen LogP contribution is -2.28. The molecule has 2 heterocycles. The van der Waals surface area contributed by atoms with Gasteiger partial charge < -0.3 is 10.6 Å². The first-order chi connectivity index (χ1) is 9.63. The highest BCUT2D eigenvalue weighted by atomic mass is 35.5. The van der Waals surface area contributed by atoms with Crippen LogP contribution >= 0.6 is 12.4 Å². The number of nitrogens with one attached hydrogen (secondary N) is 2. The van der Waals surface area contributed by atoms with Crippen molar-refractivity contribution in [3.8, 4) is 0 Å². The molecule has 0 spiro atoms. The minimum Gasteiger partial charge on any atom is -0.323 e. The summed E-state index contributed by atoms with van der Waals surface area (Å²) in [5.41, 5.74) is 0.473. The van der Waals surface area contributed by atoms with Gasteiger partial charge in [0.25, 0.3) is 6.43 Å². The molecule has 21 heavy (non-hydrogen) atoms. The zero-order valence-corrected chi connectivity index (χ0v) is 12.5. The minimum atomic E-state index is -2.45. The molecule has 1 aliphatic rings. The highest BCUT2D eigenvalue weighted by molar-refractivity contribution is 5.90. The molecule has 0 radical (unpaired) electrons. The van der Waals surface area contributed by atoms with Crippen molar-refractivity contribution in [3.05, 3.63) is 12.4 Å². The van der Waals surface area contributed by atoms with E-state index in [0.29, 0.717) is 18.0 Å². The number of piperidine rings is 1. The van der Waals surface area contributed by atoms with E-state index in [1.807, 2.05) is 0 Å². The van der Waals surface area contributed by atoms with Crippen LogP contribution in [0.15, 0.2) is 12.4 Å². The topological polar surface area (TPSA) is 59.0 Å². The van der Waals surface area contributed by atoms with E-state index in [0.717, 1.165) is 37.0 Å². The zero-order chi connectivity index (χ0) is 14.4. The van der Waals surface area contributed by atoms with Gasteiger partial charge in [-0.3, -0.25) is 9.48 Å². The Labute approximate surface area is 128 Å². The molecule has 1 aliphatic heterocycles. The van der Waals surface area contributed by atoms with E-state index in [-0.39, 0.29) is 18.3 Å². The van der Waals surface area contributed by atoms with Crippen LogP contribution in [0.25, 0.3) is 0 Å². The van der Waals surface area contributed by atoms with Gasteiger partial charge in [0.05, 0.1) is 11.9 Å². The van der Waals surface area contributed by atoms with Crippen molar-refractivity contribution in [3.63, 3.8) is 0 Å². The number of aromatic nitrogens is 2. The van der Waals surface area contributed by atoms with Crippen LogP contribution in [-0.2, 0) is 11.3 Å². The number of halogens is 3. The molecular formula is C13H21ClF2N4O. The van der Waals surface area contributed by atoms with E-state index < -0.39 is 13.0 Å². The smallest absolute Gasteiger partial charge is 0.257 e. The third-order valence-corrected chi connectivity index (χ3v) is 3.48. The molecular weight excluding hydrogens is 302 g/mol. The molecule has 8 heteroatoms. The summed E-state index contributed by atoms with van der Waals surface area (Å²) in [7, 11) is 0. The Morgan fingerprint density at radius 1 is 1.48 bits per heavy atom. The molecule has 2 rings (SSSR count). The summed E-state index contributed by atoms with van der Waals surface area (Å²) in [5, 5.41) is 9.75. The van der Waals surface area contributed by atoms with E-state index >= 15 is 0 Å². The Bertz CT molecular complexity index is 436. The van der Waals surface area contributed by atoms with Gasteiger partial charge in [-0.25, -0.2) is 8.78 Å². The van der Waals surface area contributed by atoms with Crippen molar-refractivity contribution >= 4 is 24.0 Å². The van der Waals surface area contributed by atoms with Crippen molar-refractivity contribution in [2.24, 2.45) is 5.92 Å². The number of amides is 1. The van der Waals surface area contributed by atoms with Crippen LogP contribution in [0.3, 0.4) is 0 Å². The summed E-state index contributed by atoms with van der Waals surface area (Å²) in [5.74, 6) is 0.517. The number of carbonyl (C=O) groups excluding carboxylic acids is 1. The number of hydrogen-bond acceptors (Lipinski definition) is 3. The van der Waals surface area contributed by atoms with Crippen molar-refractivity contribution in [2.75, 3.05) is 18.4 Å². The molecule has 1 aromatic heterocycles. The highest BCUT2D eigenvalue weighted by Gasteiger charge is 2.15. The molecule has 1 fully saturated rings. The Balaban J connectivity index is 0.00000220. The Kier molecular flexibility index (Phi) is 7.60. The molecule has 1 saturated heterocycles. The molecule has 0 saturated carbocycles. The molecule has 5 nitrogen and oxygen atoms in total. The van der Waals surface area contributed by atoms with Crippen molar-refractivity contribution in [1.29, 1.82) is 0 Å². The van der Waals surface area contributed by atoms with Crippen LogP contribution in [0.1, 0.15) is 25.7 Å². The second kappa shape index (κ2) is 8.94. The molecule has 1 aromatic rings. The van der Waals surface area contributed by atoms with Crippen LogP contribution in [0.4, 0.5) is 14.5 Å². The van der Waals surface area contributed by atoms with Crippen LogP contribution in [0.5, 0.6) is 0 Å². The molecule has 0 aromatic carbocycles. The fourth-order valence-electron chi connectivity index (χ4n) is 2.40. The Hall–Kier alpha value is -1.21. The summed E-state index contributed by atoms with van der Waals surface area (Å²) in [6.45, 7) is 1.59. The molecule has 0 unspecified atom stereocenters. The Morgan fingerprint density at radius 2 is 2.19 bits per heavy atom. The van der Waals surface area contributed by atoms with Gasteiger partial charge in [0, 0.05) is 12.6 Å². The predicted octanol–water partition coefficient (Wildman–Crippen LogP) is 2.29. The first-order valence-corrected chi connectivity index (χ1v) is 6.94. The normalized spacial score (nSPS) is 15.8. The zero-order valence-electron chi connectivity index (χ0n) is 11.7. The molecule has 2 N–H and O–H groups in total.